The number of hydrogen-bond donors (Lipinski definition) is 1. The fourth-order valence-electron chi connectivity index (χ4n) is 4.19. The van der Waals surface area contributed by atoms with Crippen LogP contribution in [-0.4, -0.2) is 42.0 Å². The molecule has 0 spiro atoms. The van der Waals surface area contributed by atoms with Crippen molar-refractivity contribution in [1.82, 2.24) is 10.2 Å². The number of ketones is 1. The molecule has 1 heterocycles. The summed E-state index contributed by atoms with van der Waals surface area (Å²) in [6, 6.07) is 18.7. The SMILES string of the molecule is CC(=O)c1ccc(CN2CCC(F)(CN[C@H]3C[C@@H]3c3ccccc3)CC2)cc1. The van der Waals surface area contributed by atoms with E-state index in [-0.39, 0.29) is 5.78 Å². The molecular formula is C24H29FN2O. The number of Topliss-reactive ketones (excluding diaryl/α,β-unsaturated/α-hetero) is 1. The molecule has 1 N–H and O–H groups in total. The van der Waals surface area contributed by atoms with E-state index >= 15 is 4.39 Å². The van der Waals surface area contributed by atoms with Crippen LogP contribution in [0.5, 0.6) is 0 Å². The van der Waals surface area contributed by atoms with E-state index in [0.717, 1.165) is 31.6 Å². The van der Waals surface area contributed by atoms with Crippen molar-refractivity contribution < 1.29 is 9.18 Å². The summed E-state index contributed by atoms with van der Waals surface area (Å²) in [6.07, 6.45) is 2.27. The molecule has 1 aliphatic heterocycles. The number of likely N-dealkylation sites (tertiary alicyclic amines) is 1. The number of carbonyl (C=O) groups is 1. The molecule has 1 saturated carbocycles. The first-order chi connectivity index (χ1) is 13.5. The van der Waals surface area contributed by atoms with Crippen LogP contribution in [0.3, 0.4) is 0 Å². The summed E-state index contributed by atoms with van der Waals surface area (Å²) >= 11 is 0. The Balaban J connectivity index is 1.22. The molecule has 2 aromatic carbocycles. The third-order valence-corrected chi connectivity index (χ3v) is 6.22. The molecule has 3 nitrogen and oxygen atoms in total. The summed E-state index contributed by atoms with van der Waals surface area (Å²) in [6.45, 7) is 4.42. The minimum Gasteiger partial charge on any atom is -0.310 e. The van der Waals surface area contributed by atoms with E-state index in [2.05, 4.69) is 34.5 Å². The summed E-state index contributed by atoms with van der Waals surface area (Å²) in [5.74, 6) is 0.632. The molecule has 0 unspecified atom stereocenters. The van der Waals surface area contributed by atoms with Crippen LogP contribution in [-0.2, 0) is 6.54 Å². The second kappa shape index (κ2) is 8.14. The molecule has 1 aliphatic carbocycles. The Labute approximate surface area is 166 Å². The van der Waals surface area contributed by atoms with Gasteiger partial charge in [0.2, 0.25) is 0 Å². The molecular weight excluding hydrogens is 351 g/mol. The van der Waals surface area contributed by atoms with Crippen LogP contribution in [0.25, 0.3) is 0 Å². The zero-order valence-corrected chi connectivity index (χ0v) is 16.5. The van der Waals surface area contributed by atoms with E-state index in [1.54, 1.807) is 6.92 Å². The number of nitrogens with zero attached hydrogens (tertiary/aromatic N) is 1. The lowest BCUT2D eigenvalue weighted by Gasteiger charge is -2.36. The first-order valence-corrected chi connectivity index (χ1v) is 10.3. The van der Waals surface area contributed by atoms with Gasteiger partial charge in [-0.2, -0.15) is 0 Å². The highest BCUT2D eigenvalue weighted by Gasteiger charge is 2.41. The molecule has 1 saturated heterocycles. The zero-order valence-electron chi connectivity index (χ0n) is 16.5. The molecule has 2 atom stereocenters. The molecule has 0 amide bonds. The number of carbonyl (C=O) groups excluding carboxylic acids is 1. The third kappa shape index (κ3) is 4.68. The van der Waals surface area contributed by atoms with E-state index in [1.165, 1.54) is 11.1 Å². The Kier molecular flexibility index (Phi) is 5.61. The summed E-state index contributed by atoms with van der Waals surface area (Å²) in [7, 11) is 0. The summed E-state index contributed by atoms with van der Waals surface area (Å²) < 4.78 is 15.2. The van der Waals surface area contributed by atoms with Crippen LogP contribution in [0, 0.1) is 0 Å². The number of halogens is 1. The largest absolute Gasteiger partial charge is 0.310 e. The highest BCUT2D eigenvalue weighted by Crippen LogP contribution is 2.41. The Morgan fingerprint density at radius 3 is 2.43 bits per heavy atom. The van der Waals surface area contributed by atoms with Crippen molar-refractivity contribution in [3.05, 3.63) is 71.3 Å². The Bertz CT molecular complexity index is 797. The van der Waals surface area contributed by atoms with Gasteiger partial charge in [0, 0.05) is 43.7 Å². The van der Waals surface area contributed by atoms with Gasteiger partial charge in [-0.3, -0.25) is 9.69 Å². The van der Waals surface area contributed by atoms with Gasteiger partial charge < -0.3 is 5.32 Å². The van der Waals surface area contributed by atoms with Crippen LogP contribution in [0.15, 0.2) is 54.6 Å². The lowest BCUT2D eigenvalue weighted by atomic mass is 9.92. The van der Waals surface area contributed by atoms with E-state index in [0.29, 0.717) is 31.3 Å². The smallest absolute Gasteiger partial charge is 0.159 e. The lowest BCUT2D eigenvalue weighted by Crippen LogP contribution is -2.47. The van der Waals surface area contributed by atoms with E-state index < -0.39 is 5.67 Å². The van der Waals surface area contributed by atoms with Gasteiger partial charge in [0.1, 0.15) is 5.67 Å². The molecule has 4 rings (SSSR count). The average Bonchev–Trinajstić information content (AvgIpc) is 3.50. The topological polar surface area (TPSA) is 32.3 Å². The first kappa shape index (κ1) is 19.3. The van der Waals surface area contributed by atoms with E-state index in [4.69, 9.17) is 0 Å². The number of nitrogens with one attached hydrogen (secondary N) is 1. The Morgan fingerprint density at radius 2 is 1.79 bits per heavy atom. The van der Waals surface area contributed by atoms with Crippen molar-refractivity contribution in [3.63, 3.8) is 0 Å². The predicted molar refractivity (Wildman–Crippen MR) is 110 cm³/mol. The maximum Gasteiger partial charge on any atom is 0.159 e. The van der Waals surface area contributed by atoms with Crippen molar-refractivity contribution in [3.8, 4) is 0 Å². The molecule has 2 aromatic rings. The fraction of sp³-hybridized carbons (Fsp3) is 0.458. The second-order valence-electron chi connectivity index (χ2n) is 8.42. The summed E-state index contributed by atoms with van der Waals surface area (Å²) in [5.41, 5.74) is 2.18. The molecule has 0 radical (unpaired) electrons. The van der Waals surface area contributed by atoms with Gasteiger partial charge in [0.25, 0.3) is 0 Å². The van der Waals surface area contributed by atoms with Crippen molar-refractivity contribution in [1.29, 1.82) is 0 Å². The van der Waals surface area contributed by atoms with Crippen molar-refractivity contribution in [2.45, 2.75) is 50.4 Å². The standard InChI is InChI=1S/C24H29FN2O/c1-18(28)20-9-7-19(8-10-20)16-27-13-11-24(25,12-14-27)17-26-23-15-22(23)21-5-3-2-4-6-21/h2-10,22-23,26H,11-17H2,1H3/t22-,23+/m1/s1. The lowest BCUT2D eigenvalue weighted by molar-refractivity contribution is 0.0544. The molecule has 28 heavy (non-hydrogen) atoms. The van der Waals surface area contributed by atoms with Gasteiger partial charge in [0.15, 0.2) is 5.78 Å². The Morgan fingerprint density at radius 1 is 1.11 bits per heavy atom. The van der Waals surface area contributed by atoms with Crippen LogP contribution in [0.4, 0.5) is 4.39 Å². The fourth-order valence-corrected chi connectivity index (χ4v) is 4.19. The van der Waals surface area contributed by atoms with Crippen molar-refractivity contribution >= 4 is 5.78 Å². The summed E-state index contributed by atoms with van der Waals surface area (Å²) in [5, 5.41) is 3.47. The van der Waals surface area contributed by atoms with Gasteiger partial charge >= 0.3 is 0 Å². The third-order valence-electron chi connectivity index (χ3n) is 6.22. The quantitative estimate of drug-likeness (QED) is 0.725. The zero-order chi connectivity index (χ0) is 19.6. The minimum absolute atomic E-state index is 0.0874. The van der Waals surface area contributed by atoms with Crippen LogP contribution in [0.1, 0.15) is 53.6 Å². The molecule has 2 fully saturated rings. The van der Waals surface area contributed by atoms with Gasteiger partial charge in [0.05, 0.1) is 0 Å². The van der Waals surface area contributed by atoms with Crippen molar-refractivity contribution in [2.75, 3.05) is 19.6 Å². The van der Waals surface area contributed by atoms with Crippen LogP contribution >= 0.6 is 0 Å². The first-order valence-electron chi connectivity index (χ1n) is 10.3. The van der Waals surface area contributed by atoms with Gasteiger partial charge in [-0.1, -0.05) is 54.6 Å². The summed E-state index contributed by atoms with van der Waals surface area (Å²) in [4.78, 5) is 13.7. The number of hydrogen-bond acceptors (Lipinski definition) is 3. The maximum absolute atomic E-state index is 15.2. The molecule has 0 aromatic heterocycles. The molecule has 148 valence electrons. The van der Waals surface area contributed by atoms with Gasteiger partial charge in [-0.15, -0.1) is 0 Å². The van der Waals surface area contributed by atoms with E-state index in [9.17, 15) is 4.79 Å². The molecule has 0 bridgehead atoms. The highest BCUT2D eigenvalue weighted by molar-refractivity contribution is 5.93. The Hall–Kier alpha value is -2.04. The van der Waals surface area contributed by atoms with Gasteiger partial charge in [-0.05, 0) is 37.3 Å². The van der Waals surface area contributed by atoms with Crippen LogP contribution in [0.2, 0.25) is 0 Å². The monoisotopic (exact) mass is 380 g/mol. The normalized spacial score (nSPS) is 24.1. The molecule has 2 aliphatic rings. The maximum atomic E-state index is 15.2. The number of alkyl halides is 1. The predicted octanol–water partition coefficient (Wildman–Crippen LogP) is 4.34. The molecule has 4 heteroatoms. The number of piperidine rings is 1. The van der Waals surface area contributed by atoms with Crippen LogP contribution < -0.4 is 5.32 Å². The number of rotatable bonds is 7. The second-order valence-corrected chi connectivity index (χ2v) is 8.42. The van der Waals surface area contributed by atoms with E-state index in [1.807, 2.05) is 30.3 Å². The number of benzene rings is 2. The minimum atomic E-state index is -1.10. The van der Waals surface area contributed by atoms with Gasteiger partial charge in [-0.25, -0.2) is 4.39 Å². The highest BCUT2D eigenvalue weighted by atomic mass is 19.1. The van der Waals surface area contributed by atoms with Crippen molar-refractivity contribution in [2.24, 2.45) is 0 Å². The average molecular weight is 381 g/mol.